The van der Waals surface area contributed by atoms with Crippen molar-refractivity contribution in [2.75, 3.05) is 13.1 Å². The Balaban J connectivity index is 3.76. The van der Waals surface area contributed by atoms with E-state index in [1.54, 1.807) is 0 Å². The Kier molecular flexibility index (Phi) is 6.16. The number of nitrogens with two attached hydrogens (primary N) is 1. The van der Waals surface area contributed by atoms with Crippen LogP contribution in [-0.2, 0) is 4.84 Å². The van der Waals surface area contributed by atoms with Gasteiger partial charge in [0.25, 0.3) is 5.17 Å². The Labute approximate surface area is 73.5 Å². The van der Waals surface area contributed by atoms with Crippen LogP contribution < -0.4 is 5.90 Å². The van der Waals surface area contributed by atoms with Crippen molar-refractivity contribution < 1.29 is 4.84 Å². The largest absolute Gasteiger partial charge is 0.381 e. The predicted octanol–water partition coefficient (Wildman–Crippen LogP) is 1.28. The zero-order valence-corrected chi connectivity index (χ0v) is 7.99. The minimum absolute atomic E-state index is 0.397. The maximum atomic E-state index is 4.95. The summed E-state index contributed by atoms with van der Waals surface area (Å²) in [7, 11) is 0. The Morgan fingerprint density at radius 3 is 2.09 bits per heavy atom. The van der Waals surface area contributed by atoms with Gasteiger partial charge in [0.1, 0.15) is 0 Å². The molecule has 0 radical (unpaired) electrons. The van der Waals surface area contributed by atoms with Gasteiger partial charge in [-0.2, -0.15) is 5.90 Å². The summed E-state index contributed by atoms with van der Waals surface area (Å²) in [6.07, 6.45) is 2.12. The minimum atomic E-state index is 0.397. The number of rotatable bonds is 4. The molecule has 66 valence electrons. The molecule has 3 nitrogen and oxygen atoms in total. The van der Waals surface area contributed by atoms with Crippen molar-refractivity contribution >= 4 is 17.4 Å². The number of hydrogen-bond acceptors (Lipinski definition) is 3. The average molecular weight is 176 g/mol. The molecule has 0 saturated heterocycles. The van der Waals surface area contributed by atoms with Crippen molar-refractivity contribution in [3.63, 3.8) is 0 Å². The molecule has 0 rings (SSSR count). The van der Waals surface area contributed by atoms with Gasteiger partial charge >= 0.3 is 0 Å². The van der Waals surface area contributed by atoms with E-state index < -0.39 is 0 Å². The van der Waals surface area contributed by atoms with Gasteiger partial charge in [0.2, 0.25) is 0 Å². The first-order valence-electron chi connectivity index (χ1n) is 3.91. The number of nitrogens with zero attached hydrogens (tertiary/aromatic N) is 1. The highest BCUT2D eigenvalue weighted by molar-refractivity contribution is 7.80. The third-order valence-corrected chi connectivity index (χ3v) is 1.70. The summed E-state index contributed by atoms with van der Waals surface area (Å²) in [6, 6.07) is 0. The van der Waals surface area contributed by atoms with Gasteiger partial charge in [-0.15, -0.1) is 0 Å². The molecule has 0 aliphatic carbocycles. The molecular formula is C7H16N2OS. The van der Waals surface area contributed by atoms with Crippen LogP contribution >= 0.6 is 12.2 Å². The molecule has 0 saturated carbocycles. The fourth-order valence-corrected chi connectivity index (χ4v) is 1.09. The van der Waals surface area contributed by atoms with Crippen molar-refractivity contribution in [2.45, 2.75) is 26.7 Å². The van der Waals surface area contributed by atoms with Gasteiger partial charge in [-0.3, -0.25) is 0 Å². The Bertz CT molecular complexity index is 113. The quantitative estimate of drug-likeness (QED) is 0.517. The Hall–Kier alpha value is -0.350. The van der Waals surface area contributed by atoms with Crippen LogP contribution in [0.3, 0.4) is 0 Å². The van der Waals surface area contributed by atoms with Gasteiger partial charge in [0.15, 0.2) is 0 Å². The van der Waals surface area contributed by atoms with Crippen LogP contribution in [0.25, 0.3) is 0 Å². The monoisotopic (exact) mass is 176 g/mol. The molecule has 0 bridgehead atoms. The summed E-state index contributed by atoms with van der Waals surface area (Å²) in [4.78, 5) is 6.44. The first kappa shape index (κ1) is 10.7. The van der Waals surface area contributed by atoms with Crippen molar-refractivity contribution in [1.82, 2.24) is 4.90 Å². The summed E-state index contributed by atoms with van der Waals surface area (Å²) in [5.74, 6) is 4.95. The highest BCUT2D eigenvalue weighted by Gasteiger charge is 2.06. The zero-order valence-electron chi connectivity index (χ0n) is 7.17. The summed E-state index contributed by atoms with van der Waals surface area (Å²) in [5, 5.41) is 0.397. The lowest BCUT2D eigenvalue weighted by Crippen LogP contribution is -2.34. The van der Waals surface area contributed by atoms with E-state index in [9.17, 15) is 0 Å². The van der Waals surface area contributed by atoms with Gasteiger partial charge in [-0.05, 0) is 25.1 Å². The number of hydrogen-bond donors (Lipinski definition) is 1. The lowest BCUT2D eigenvalue weighted by molar-refractivity contribution is 0.248. The number of thiocarbonyl (C=S) groups is 1. The fraction of sp³-hybridized carbons (Fsp3) is 0.857. The second kappa shape index (κ2) is 6.37. The summed E-state index contributed by atoms with van der Waals surface area (Å²) in [6.45, 7) is 6.04. The second-order valence-corrected chi connectivity index (χ2v) is 2.72. The van der Waals surface area contributed by atoms with Crippen LogP contribution in [0.4, 0.5) is 0 Å². The van der Waals surface area contributed by atoms with E-state index in [4.69, 9.17) is 18.1 Å². The highest BCUT2D eigenvalue weighted by atomic mass is 32.1. The van der Waals surface area contributed by atoms with E-state index in [-0.39, 0.29) is 0 Å². The van der Waals surface area contributed by atoms with Crippen LogP contribution in [0.15, 0.2) is 0 Å². The molecule has 0 aromatic heterocycles. The smallest absolute Gasteiger partial charge is 0.280 e. The average Bonchev–Trinajstić information content (AvgIpc) is 2.03. The van der Waals surface area contributed by atoms with E-state index in [1.165, 1.54) is 0 Å². The van der Waals surface area contributed by atoms with Crippen LogP contribution in [0.2, 0.25) is 0 Å². The maximum absolute atomic E-state index is 4.95. The van der Waals surface area contributed by atoms with Crippen molar-refractivity contribution in [3.05, 3.63) is 0 Å². The lowest BCUT2D eigenvalue weighted by atomic mass is 10.4. The van der Waals surface area contributed by atoms with Crippen molar-refractivity contribution in [2.24, 2.45) is 5.90 Å². The molecule has 0 fully saturated rings. The molecule has 0 heterocycles. The third-order valence-electron chi connectivity index (χ3n) is 1.35. The lowest BCUT2D eigenvalue weighted by Gasteiger charge is -2.21. The molecule has 0 aliphatic rings. The molecule has 0 aromatic rings. The van der Waals surface area contributed by atoms with Gasteiger partial charge < -0.3 is 9.74 Å². The van der Waals surface area contributed by atoms with E-state index in [0.717, 1.165) is 25.9 Å². The molecule has 0 atom stereocenters. The summed E-state index contributed by atoms with van der Waals surface area (Å²) in [5.41, 5.74) is 0. The van der Waals surface area contributed by atoms with Gasteiger partial charge in [-0.1, -0.05) is 13.8 Å². The van der Waals surface area contributed by atoms with Crippen LogP contribution in [0.1, 0.15) is 26.7 Å². The molecule has 0 spiro atoms. The van der Waals surface area contributed by atoms with E-state index in [2.05, 4.69) is 18.7 Å². The second-order valence-electron chi connectivity index (χ2n) is 2.37. The molecular weight excluding hydrogens is 160 g/mol. The van der Waals surface area contributed by atoms with Gasteiger partial charge in [-0.25, -0.2) is 0 Å². The molecule has 11 heavy (non-hydrogen) atoms. The molecule has 0 aromatic carbocycles. The molecule has 2 N–H and O–H groups in total. The molecule has 4 heteroatoms. The topological polar surface area (TPSA) is 38.5 Å². The first-order valence-corrected chi connectivity index (χ1v) is 4.32. The zero-order chi connectivity index (χ0) is 8.69. The summed E-state index contributed by atoms with van der Waals surface area (Å²) >= 11 is 4.89. The standard InChI is InChI=1S/C7H16N2OS/c1-3-5-9(6-4-2)7(11)10-8/h3-6,8H2,1-2H3. The Morgan fingerprint density at radius 2 is 1.82 bits per heavy atom. The van der Waals surface area contributed by atoms with Gasteiger partial charge in [0, 0.05) is 13.1 Å². The van der Waals surface area contributed by atoms with Crippen LogP contribution in [-0.4, -0.2) is 23.2 Å². The summed E-state index contributed by atoms with van der Waals surface area (Å²) < 4.78 is 0. The maximum Gasteiger partial charge on any atom is 0.280 e. The fourth-order valence-electron chi connectivity index (χ4n) is 0.909. The molecule has 0 aliphatic heterocycles. The van der Waals surface area contributed by atoms with E-state index >= 15 is 0 Å². The van der Waals surface area contributed by atoms with Crippen LogP contribution in [0, 0.1) is 0 Å². The third kappa shape index (κ3) is 4.16. The van der Waals surface area contributed by atoms with E-state index in [0.29, 0.717) is 5.17 Å². The van der Waals surface area contributed by atoms with Crippen molar-refractivity contribution in [3.8, 4) is 0 Å². The first-order chi connectivity index (χ1) is 5.26. The minimum Gasteiger partial charge on any atom is -0.381 e. The van der Waals surface area contributed by atoms with Gasteiger partial charge in [0.05, 0.1) is 0 Å². The predicted molar refractivity (Wildman–Crippen MR) is 50.0 cm³/mol. The molecule has 0 unspecified atom stereocenters. The van der Waals surface area contributed by atoms with Crippen LogP contribution in [0.5, 0.6) is 0 Å². The van der Waals surface area contributed by atoms with Crippen molar-refractivity contribution in [1.29, 1.82) is 0 Å². The SMILES string of the molecule is CCCN(CCC)C(=S)ON. The molecule has 0 amide bonds. The normalized spacial score (nSPS) is 9.36. The highest BCUT2D eigenvalue weighted by Crippen LogP contribution is 1.96. The van der Waals surface area contributed by atoms with E-state index in [1.807, 2.05) is 4.90 Å². The Morgan fingerprint density at radius 1 is 1.36 bits per heavy atom.